The van der Waals surface area contributed by atoms with Gasteiger partial charge in [0.05, 0.1) is 23.4 Å². The average Bonchev–Trinajstić information content (AvgIpc) is 2.65. The number of methoxy groups -OCH3 is 1. The minimum Gasteiger partial charge on any atom is -0.495 e. The number of thioether (sulfide) groups is 1. The number of fused-ring (bicyclic) bond motifs is 1. The third-order valence-corrected chi connectivity index (χ3v) is 5.56. The van der Waals surface area contributed by atoms with Crippen molar-refractivity contribution in [3.63, 3.8) is 0 Å². The van der Waals surface area contributed by atoms with E-state index in [0.29, 0.717) is 30.5 Å². The molecule has 144 valence electrons. The Hall–Kier alpha value is -2.43. The molecule has 0 spiro atoms. The van der Waals surface area contributed by atoms with Crippen molar-refractivity contribution in [3.8, 4) is 17.2 Å². The van der Waals surface area contributed by atoms with Gasteiger partial charge in [-0.25, -0.2) is 13.6 Å². The Morgan fingerprint density at radius 3 is 2.63 bits per heavy atom. The van der Waals surface area contributed by atoms with Gasteiger partial charge in [0.25, 0.3) is 0 Å². The molecule has 0 bridgehead atoms. The first-order valence-electron chi connectivity index (χ1n) is 7.90. The molecule has 0 aromatic heterocycles. The van der Waals surface area contributed by atoms with Crippen LogP contribution < -0.4 is 24.7 Å². The zero-order valence-electron chi connectivity index (χ0n) is 14.4. The Morgan fingerprint density at radius 2 is 1.93 bits per heavy atom. The number of anilines is 1. The van der Waals surface area contributed by atoms with Crippen LogP contribution in [0, 0.1) is 0 Å². The second-order valence-corrected chi connectivity index (χ2v) is 8.16. The lowest BCUT2D eigenvalue weighted by atomic mass is 10.3. The largest absolute Gasteiger partial charge is 0.495 e. The van der Waals surface area contributed by atoms with Gasteiger partial charge in [0.15, 0.2) is 11.5 Å². The van der Waals surface area contributed by atoms with E-state index in [1.807, 2.05) is 12.1 Å². The molecule has 1 aliphatic rings. The lowest BCUT2D eigenvalue weighted by Gasteiger charge is -2.18. The van der Waals surface area contributed by atoms with Crippen LogP contribution >= 0.6 is 11.8 Å². The van der Waals surface area contributed by atoms with Crippen molar-refractivity contribution >= 4 is 33.4 Å². The first-order valence-corrected chi connectivity index (χ1v) is 10.4. The monoisotopic (exact) mass is 410 g/mol. The standard InChI is InChI=1S/C17H18N2O6S2/c1-23-14-5-3-12(27(18,21)22)9-13(14)19-17(20)10-26-11-2-4-15-16(8-11)25-7-6-24-15/h2-5,8-9H,6-7,10H2,1H3,(H,19,20)(H2,18,21,22). The van der Waals surface area contributed by atoms with Crippen LogP contribution in [0.25, 0.3) is 0 Å². The van der Waals surface area contributed by atoms with Gasteiger partial charge < -0.3 is 19.5 Å². The summed E-state index contributed by atoms with van der Waals surface area (Å²) in [5.74, 6) is 1.45. The van der Waals surface area contributed by atoms with Crippen LogP contribution in [-0.4, -0.2) is 40.4 Å². The summed E-state index contributed by atoms with van der Waals surface area (Å²) in [6.45, 7) is 1.00. The summed E-state index contributed by atoms with van der Waals surface area (Å²) in [5.41, 5.74) is 0.233. The molecule has 0 aliphatic carbocycles. The number of nitrogens with two attached hydrogens (primary N) is 1. The van der Waals surface area contributed by atoms with Gasteiger partial charge in [0, 0.05) is 4.90 Å². The molecule has 8 nitrogen and oxygen atoms in total. The van der Waals surface area contributed by atoms with Crippen molar-refractivity contribution in [2.24, 2.45) is 5.14 Å². The average molecular weight is 410 g/mol. The normalized spacial score (nSPS) is 13.1. The number of rotatable bonds is 6. The number of primary sulfonamides is 1. The Bertz CT molecular complexity index is 962. The quantitative estimate of drug-likeness (QED) is 0.698. The van der Waals surface area contributed by atoms with E-state index < -0.39 is 10.0 Å². The topological polar surface area (TPSA) is 117 Å². The van der Waals surface area contributed by atoms with Crippen molar-refractivity contribution in [2.75, 3.05) is 31.4 Å². The third-order valence-electron chi connectivity index (χ3n) is 3.66. The molecular weight excluding hydrogens is 392 g/mol. The van der Waals surface area contributed by atoms with Crippen molar-refractivity contribution in [3.05, 3.63) is 36.4 Å². The molecule has 2 aromatic rings. The maximum Gasteiger partial charge on any atom is 0.238 e. The Labute approximate surface area is 161 Å². The van der Waals surface area contributed by atoms with E-state index in [2.05, 4.69) is 5.32 Å². The number of ether oxygens (including phenoxy) is 3. The smallest absolute Gasteiger partial charge is 0.238 e. The second-order valence-electron chi connectivity index (χ2n) is 5.55. The summed E-state index contributed by atoms with van der Waals surface area (Å²) < 4.78 is 39.1. The minimum atomic E-state index is -3.89. The number of hydrogen-bond donors (Lipinski definition) is 2. The summed E-state index contributed by atoms with van der Waals surface area (Å²) >= 11 is 1.31. The Kier molecular flexibility index (Phi) is 5.78. The number of sulfonamides is 1. The van der Waals surface area contributed by atoms with Gasteiger partial charge in [0.1, 0.15) is 19.0 Å². The maximum absolute atomic E-state index is 12.3. The predicted octanol–water partition coefficient (Wildman–Crippen LogP) is 1.84. The molecule has 0 radical (unpaired) electrons. The van der Waals surface area contributed by atoms with Crippen LogP contribution in [0.2, 0.25) is 0 Å². The molecule has 27 heavy (non-hydrogen) atoms. The lowest BCUT2D eigenvalue weighted by molar-refractivity contribution is -0.113. The van der Waals surface area contributed by atoms with E-state index in [9.17, 15) is 13.2 Å². The van der Waals surface area contributed by atoms with E-state index in [1.54, 1.807) is 6.07 Å². The highest BCUT2D eigenvalue weighted by atomic mass is 32.2. The van der Waals surface area contributed by atoms with E-state index >= 15 is 0 Å². The number of amides is 1. The maximum atomic E-state index is 12.3. The Balaban J connectivity index is 1.67. The van der Waals surface area contributed by atoms with Gasteiger partial charge in [-0.15, -0.1) is 11.8 Å². The second kappa shape index (κ2) is 8.07. The van der Waals surface area contributed by atoms with Gasteiger partial charge in [-0.05, 0) is 36.4 Å². The van der Waals surface area contributed by atoms with Crippen molar-refractivity contribution < 1.29 is 27.4 Å². The number of carbonyl (C=O) groups is 1. The fourth-order valence-corrected chi connectivity index (χ4v) is 3.67. The molecule has 10 heteroatoms. The van der Waals surface area contributed by atoms with Gasteiger partial charge in [-0.2, -0.15) is 0 Å². The lowest BCUT2D eigenvalue weighted by Crippen LogP contribution is -2.17. The van der Waals surface area contributed by atoms with Crippen LogP contribution in [0.5, 0.6) is 17.2 Å². The molecule has 0 unspecified atom stereocenters. The molecule has 0 saturated carbocycles. The van der Waals surface area contributed by atoms with Gasteiger partial charge in [-0.3, -0.25) is 4.79 Å². The number of carbonyl (C=O) groups excluding carboxylic acids is 1. The fraction of sp³-hybridized carbons (Fsp3) is 0.235. The zero-order valence-corrected chi connectivity index (χ0v) is 16.1. The molecule has 1 heterocycles. The highest BCUT2D eigenvalue weighted by Crippen LogP contribution is 2.34. The molecule has 1 amide bonds. The third kappa shape index (κ3) is 4.85. The van der Waals surface area contributed by atoms with E-state index in [0.717, 1.165) is 4.90 Å². The van der Waals surface area contributed by atoms with Crippen molar-refractivity contribution in [1.82, 2.24) is 0 Å². The van der Waals surface area contributed by atoms with Crippen molar-refractivity contribution in [2.45, 2.75) is 9.79 Å². The van der Waals surface area contributed by atoms with Crippen LogP contribution in [0.3, 0.4) is 0 Å². The minimum absolute atomic E-state index is 0.113. The fourth-order valence-electron chi connectivity index (χ4n) is 2.41. The highest BCUT2D eigenvalue weighted by Gasteiger charge is 2.15. The van der Waals surface area contributed by atoms with Crippen LogP contribution in [0.1, 0.15) is 0 Å². The van der Waals surface area contributed by atoms with Crippen LogP contribution in [-0.2, 0) is 14.8 Å². The van der Waals surface area contributed by atoms with Gasteiger partial charge in [0.2, 0.25) is 15.9 Å². The molecule has 3 N–H and O–H groups in total. The molecule has 0 atom stereocenters. The molecule has 1 aliphatic heterocycles. The zero-order chi connectivity index (χ0) is 19.4. The van der Waals surface area contributed by atoms with Gasteiger partial charge in [-0.1, -0.05) is 0 Å². The predicted molar refractivity (Wildman–Crippen MR) is 101 cm³/mol. The highest BCUT2D eigenvalue weighted by molar-refractivity contribution is 8.00. The summed E-state index contributed by atoms with van der Waals surface area (Å²) in [6, 6.07) is 9.47. The molecule has 0 saturated heterocycles. The molecule has 3 rings (SSSR count). The summed E-state index contributed by atoms with van der Waals surface area (Å²) in [6.07, 6.45) is 0. The Morgan fingerprint density at radius 1 is 1.19 bits per heavy atom. The van der Waals surface area contributed by atoms with Crippen molar-refractivity contribution in [1.29, 1.82) is 0 Å². The van der Waals surface area contributed by atoms with Crippen LogP contribution in [0.15, 0.2) is 46.2 Å². The summed E-state index contributed by atoms with van der Waals surface area (Å²) in [7, 11) is -2.47. The number of hydrogen-bond acceptors (Lipinski definition) is 7. The van der Waals surface area contributed by atoms with Gasteiger partial charge >= 0.3 is 0 Å². The first-order chi connectivity index (χ1) is 12.9. The molecular formula is C17H18N2O6S2. The SMILES string of the molecule is COc1ccc(S(N)(=O)=O)cc1NC(=O)CSc1ccc2c(c1)OCCO2. The van der Waals surface area contributed by atoms with E-state index in [4.69, 9.17) is 19.3 Å². The summed E-state index contributed by atoms with van der Waals surface area (Å²) in [5, 5.41) is 7.78. The molecule has 2 aromatic carbocycles. The van der Waals surface area contributed by atoms with E-state index in [-0.39, 0.29) is 22.2 Å². The molecule has 0 fully saturated rings. The van der Waals surface area contributed by atoms with E-state index in [1.165, 1.54) is 37.1 Å². The number of benzene rings is 2. The first kappa shape index (κ1) is 19.3. The van der Waals surface area contributed by atoms with Crippen LogP contribution in [0.4, 0.5) is 5.69 Å². The number of nitrogens with one attached hydrogen (secondary N) is 1. The summed E-state index contributed by atoms with van der Waals surface area (Å²) in [4.78, 5) is 13.0.